The van der Waals surface area contributed by atoms with E-state index in [0.717, 1.165) is 40.2 Å². The lowest BCUT2D eigenvalue weighted by Gasteiger charge is -2.07. The lowest BCUT2D eigenvalue weighted by molar-refractivity contribution is -0.123. The van der Waals surface area contributed by atoms with E-state index in [9.17, 15) is 4.79 Å². The summed E-state index contributed by atoms with van der Waals surface area (Å²) < 4.78 is 13.1. The van der Waals surface area contributed by atoms with E-state index in [-0.39, 0.29) is 12.5 Å². The molecule has 0 radical (unpaired) electrons. The van der Waals surface area contributed by atoms with Gasteiger partial charge in [-0.25, -0.2) is 10.1 Å². The Labute approximate surface area is 205 Å². The second kappa shape index (κ2) is 11.7. The van der Waals surface area contributed by atoms with Crippen molar-refractivity contribution in [2.75, 3.05) is 13.2 Å². The second-order valence-electron chi connectivity index (χ2n) is 7.93. The Bertz CT molecular complexity index is 1280. The number of carbonyl (C=O) groups excluding carboxylic acids is 1. The van der Waals surface area contributed by atoms with Crippen LogP contribution in [-0.4, -0.2) is 35.1 Å². The molecule has 0 saturated heterocycles. The predicted molar refractivity (Wildman–Crippen MR) is 137 cm³/mol. The molecule has 3 aromatic carbocycles. The van der Waals surface area contributed by atoms with Crippen LogP contribution in [-0.2, 0) is 4.79 Å². The molecular formula is C28H28N4O3. The topological polar surface area (TPSA) is 77.7 Å². The quantitative estimate of drug-likeness (QED) is 0.257. The third-order valence-corrected chi connectivity index (χ3v) is 5.21. The molecule has 35 heavy (non-hydrogen) atoms. The standard InChI is InChI=1S/C28H28N4O3/c1-3-17-34-25-15-13-22(14-16-25)28-23(19-32(31-28)24-10-5-4-6-11-24)18-29-30-27(33)20-35-26-12-8-7-9-21(26)2/h4-16,18-19H,3,17,20H2,1-2H3,(H,30,33). The number of amides is 1. The van der Waals surface area contributed by atoms with Crippen LogP contribution in [0.1, 0.15) is 24.5 Å². The van der Waals surface area contributed by atoms with Gasteiger partial charge >= 0.3 is 0 Å². The van der Waals surface area contributed by atoms with E-state index in [4.69, 9.17) is 14.6 Å². The number of aromatic nitrogens is 2. The van der Waals surface area contributed by atoms with E-state index in [2.05, 4.69) is 17.5 Å². The number of carbonyl (C=O) groups is 1. The van der Waals surface area contributed by atoms with Crippen LogP contribution in [0.5, 0.6) is 11.5 Å². The van der Waals surface area contributed by atoms with Crippen molar-refractivity contribution in [3.8, 4) is 28.4 Å². The molecule has 0 saturated carbocycles. The summed E-state index contributed by atoms with van der Waals surface area (Å²) in [6.45, 7) is 4.55. The molecular weight excluding hydrogens is 440 g/mol. The van der Waals surface area contributed by atoms with Crippen LogP contribution >= 0.6 is 0 Å². The Morgan fingerprint density at radius 1 is 1.00 bits per heavy atom. The predicted octanol–water partition coefficient (Wildman–Crippen LogP) is 5.17. The fourth-order valence-corrected chi connectivity index (χ4v) is 3.42. The number of para-hydroxylation sites is 2. The maximum Gasteiger partial charge on any atom is 0.277 e. The van der Waals surface area contributed by atoms with Crippen molar-refractivity contribution >= 4 is 12.1 Å². The first-order valence-corrected chi connectivity index (χ1v) is 11.5. The molecule has 4 rings (SSSR count). The first-order valence-electron chi connectivity index (χ1n) is 11.5. The first kappa shape index (κ1) is 23.8. The normalized spacial score (nSPS) is 10.9. The summed E-state index contributed by atoms with van der Waals surface area (Å²) in [5.74, 6) is 1.14. The van der Waals surface area contributed by atoms with Crippen molar-refractivity contribution in [3.63, 3.8) is 0 Å². The summed E-state index contributed by atoms with van der Waals surface area (Å²) in [5.41, 5.74) is 6.84. The summed E-state index contributed by atoms with van der Waals surface area (Å²) in [4.78, 5) is 12.2. The van der Waals surface area contributed by atoms with Crippen LogP contribution in [0, 0.1) is 6.92 Å². The highest BCUT2D eigenvalue weighted by molar-refractivity contribution is 5.89. The maximum absolute atomic E-state index is 12.2. The minimum atomic E-state index is -0.348. The van der Waals surface area contributed by atoms with Gasteiger partial charge < -0.3 is 9.47 Å². The third kappa shape index (κ3) is 6.35. The molecule has 4 aromatic rings. The number of hydrazone groups is 1. The van der Waals surface area contributed by atoms with Crippen LogP contribution in [0.3, 0.4) is 0 Å². The van der Waals surface area contributed by atoms with Gasteiger partial charge in [-0.3, -0.25) is 4.79 Å². The fraction of sp³-hybridized carbons (Fsp3) is 0.179. The molecule has 1 N–H and O–H groups in total. The molecule has 1 amide bonds. The Kier molecular flexibility index (Phi) is 7.91. The molecule has 1 heterocycles. The van der Waals surface area contributed by atoms with Crippen molar-refractivity contribution in [3.05, 3.63) is 96.2 Å². The monoisotopic (exact) mass is 468 g/mol. The second-order valence-corrected chi connectivity index (χ2v) is 7.93. The summed E-state index contributed by atoms with van der Waals surface area (Å²) in [7, 11) is 0. The van der Waals surface area contributed by atoms with Gasteiger partial charge in [0.2, 0.25) is 0 Å². The van der Waals surface area contributed by atoms with Crippen LogP contribution in [0.25, 0.3) is 16.9 Å². The van der Waals surface area contributed by atoms with Crippen LogP contribution in [0.4, 0.5) is 0 Å². The number of hydrogen-bond donors (Lipinski definition) is 1. The van der Waals surface area contributed by atoms with Gasteiger partial charge in [0.1, 0.15) is 17.2 Å². The van der Waals surface area contributed by atoms with E-state index in [1.165, 1.54) is 0 Å². The summed E-state index contributed by atoms with van der Waals surface area (Å²) in [6, 6.07) is 25.2. The molecule has 0 aliphatic rings. The van der Waals surface area contributed by atoms with E-state index in [0.29, 0.717) is 12.4 Å². The van der Waals surface area contributed by atoms with Gasteiger partial charge in [0, 0.05) is 17.3 Å². The maximum atomic E-state index is 12.2. The smallest absolute Gasteiger partial charge is 0.277 e. The molecule has 0 unspecified atom stereocenters. The van der Waals surface area contributed by atoms with Crippen molar-refractivity contribution in [2.24, 2.45) is 5.10 Å². The summed E-state index contributed by atoms with van der Waals surface area (Å²) in [5, 5.41) is 8.92. The molecule has 1 aromatic heterocycles. The first-order chi connectivity index (χ1) is 17.1. The lowest BCUT2D eigenvalue weighted by Crippen LogP contribution is -2.24. The minimum Gasteiger partial charge on any atom is -0.494 e. The molecule has 0 aliphatic carbocycles. The van der Waals surface area contributed by atoms with Gasteiger partial charge in [-0.05, 0) is 61.4 Å². The molecule has 0 bridgehead atoms. The largest absolute Gasteiger partial charge is 0.494 e. The number of ether oxygens (including phenoxy) is 2. The molecule has 7 nitrogen and oxygen atoms in total. The molecule has 178 valence electrons. The van der Waals surface area contributed by atoms with Crippen molar-refractivity contribution in [1.29, 1.82) is 0 Å². The number of nitrogens with zero attached hydrogens (tertiary/aromatic N) is 3. The molecule has 7 heteroatoms. The number of nitrogens with one attached hydrogen (secondary N) is 1. The average molecular weight is 469 g/mol. The van der Waals surface area contributed by atoms with Gasteiger partial charge in [-0.15, -0.1) is 0 Å². The van der Waals surface area contributed by atoms with Crippen molar-refractivity contribution in [1.82, 2.24) is 15.2 Å². The average Bonchev–Trinajstić information content (AvgIpc) is 3.32. The Morgan fingerprint density at radius 2 is 1.74 bits per heavy atom. The van der Waals surface area contributed by atoms with Crippen LogP contribution < -0.4 is 14.9 Å². The third-order valence-electron chi connectivity index (χ3n) is 5.21. The zero-order valence-corrected chi connectivity index (χ0v) is 19.8. The highest BCUT2D eigenvalue weighted by atomic mass is 16.5. The molecule has 0 fully saturated rings. The Morgan fingerprint density at radius 3 is 2.49 bits per heavy atom. The lowest BCUT2D eigenvalue weighted by atomic mass is 10.1. The van der Waals surface area contributed by atoms with Gasteiger partial charge in [-0.1, -0.05) is 43.3 Å². The number of rotatable bonds is 10. The summed E-state index contributed by atoms with van der Waals surface area (Å²) in [6.07, 6.45) is 4.42. The Balaban J connectivity index is 1.50. The minimum absolute atomic E-state index is 0.127. The van der Waals surface area contributed by atoms with E-state index >= 15 is 0 Å². The zero-order chi connectivity index (χ0) is 24.5. The highest BCUT2D eigenvalue weighted by Gasteiger charge is 2.12. The summed E-state index contributed by atoms with van der Waals surface area (Å²) >= 11 is 0. The fourth-order valence-electron chi connectivity index (χ4n) is 3.42. The molecule has 0 aliphatic heterocycles. The zero-order valence-electron chi connectivity index (χ0n) is 19.8. The molecule has 0 atom stereocenters. The molecule has 0 spiro atoms. The van der Waals surface area contributed by atoms with Gasteiger partial charge in [-0.2, -0.15) is 10.2 Å². The van der Waals surface area contributed by atoms with E-state index in [1.54, 1.807) is 10.9 Å². The number of benzene rings is 3. The van der Waals surface area contributed by atoms with Gasteiger partial charge in [0.25, 0.3) is 5.91 Å². The number of hydrogen-bond acceptors (Lipinski definition) is 5. The SMILES string of the molecule is CCCOc1ccc(-c2nn(-c3ccccc3)cc2C=NNC(=O)COc2ccccc2C)cc1. The number of aryl methyl sites for hydroxylation is 1. The highest BCUT2D eigenvalue weighted by Crippen LogP contribution is 2.25. The van der Waals surface area contributed by atoms with E-state index < -0.39 is 0 Å². The van der Waals surface area contributed by atoms with Crippen molar-refractivity contribution in [2.45, 2.75) is 20.3 Å². The van der Waals surface area contributed by atoms with E-state index in [1.807, 2.05) is 92.0 Å². The Hall–Kier alpha value is -4.39. The van der Waals surface area contributed by atoms with Crippen LogP contribution in [0.2, 0.25) is 0 Å². The van der Waals surface area contributed by atoms with Crippen molar-refractivity contribution < 1.29 is 14.3 Å². The van der Waals surface area contributed by atoms with Gasteiger partial charge in [0.15, 0.2) is 6.61 Å². The van der Waals surface area contributed by atoms with Crippen LogP contribution in [0.15, 0.2) is 90.2 Å². The van der Waals surface area contributed by atoms with Gasteiger partial charge in [0.05, 0.1) is 18.5 Å².